The third kappa shape index (κ3) is 34.9. The van der Waals surface area contributed by atoms with Crippen molar-refractivity contribution in [2.24, 2.45) is 0 Å². The van der Waals surface area contributed by atoms with Gasteiger partial charge in [0, 0.05) is 67.6 Å². The lowest BCUT2D eigenvalue weighted by Gasteiger charge is -2.29. The van der Waals surface area contributed by atoms with E-state index in [0.717, 1.165) is 44.9 Å². The first-order chi connectivity index (χ1) is 59.3. The van der Waals surface area contributed by atoms with Gasteiger partial charge in [-0.25, -0.2) is 19.2 Å². The van der Waals surface area contributed by atoms with Crippen LogP contribution in [0.25, 0.3) is 45.6 Å². The number of nitrogens with one attached hydrogen (secondary N) is 2. The zero-order valence-electron chi connectivity index (χ0n) is 78.2. The van der Waals surface area contributed by atoms with Gasteiger partial charge in [-0.15, -0.1) is 81.6 Å². The van der Waals surface area contributed by atoms with Crippen LogP contribution in [0, 0.1) is 0 Å². The molecule has 678 valence electrons. The molecule has 1 saturated heterocycles. The van der Waals surface area contributed by atoms with Crippen LogP contribution in [0.15, 0.2) is 170 Å². The highest BCUT2D eigenvalue weighted by molar-refractivity contribution is 5.77. The van der Waals surface area contributed by atoms with Crippen LogP contribution in [-0.4, -0.2) is 198 Å². The van der Waals surface area contributed by atoms with E-state index in [1.807, 2.05) is 315 Å². The van der Waals surface area contributed by atoms with Crippen LogP contribution in [-0.2, 0) is 41.3 Å². The van der Waals surface area contributed by atoms with Gasteiger partial charge in [-0.1, -0.05) is 146 Å². The second-order valence-corrected chi connectivity index (χ2v) is 38.4. The number of carbonyl (C=O) groups is 5. The topological polar surface area (TPSA) is 390 Å². The predicted molar refractivity (Wildman–Crippen MR) is 481 cm³/mol. The van der Waals surface area contributed by atoms with Crippen molar-refractivity contribution < 1.29 is 57.1 Å². The van der Waals surface area contributed by atoms with E-state index in [4.69, 9.17) is 33.2 Å². The van der Waals surface area contributed by atoms with Gasteiger partial charge in [0.1, 0.15) is 63.2 Å². The minimum absolute atomic E-state index is 0.128. The third-order valence-electron chi connectivity index (χ3n) is 17.4. The molecule has 0 bridgehead atoms. The molecule has 127 heavy (non-hydrogen) atoms. The molecule has 4 aromatic heterocycles. The molecular formula is C94H125N21O12. The lowest BCUT2D eigenvalue weighted by Crippen LogP contribution is -2.41. The number of rotatable bonds is 21. The Balaban J connectivity index is 0.000000210. The van der Waals surface area contributed by atoms with Crippen LogP contribution in [0.1, 0.15) is 244 Å². The Bertz CT molecular complexity index is 5100. The molecule has 33 nitrogen and oxygen atoms in total. The van der Waals surface area contributed by atoms with Gasteiger partial charge in [0.05, 0.1) is 24.3 Å². The summed E-state index contributed by atoms with van der Waals surface area (Å²) in [6, 6.07) is 51.2. The van der Waals surface area contributed by atoms with Gasteiger partial charge in [0.15, 0.2) is 23.3 Å². The number of carbonyl (C=O) groups excluding carboxylic acids is 5. The molecule has 0 radical (unpaired) electrons. The van der Waals surface area contributed by atoms with Crippen molar-refractivity contribution in [2.45, 2.75) is 273 Å². The molecule has 6 aromatic carbocycles. The quantitative estimate of drug-likeness (QED) is 0.0631. The highest BCUT2D eigenvalue weighted by Gasteiger charge is 2.43. The van der Waals surface area contributed by atoms with Crippen molar-refractivity contribution >= 4 is 30.3 Å². The van der Waals surface area contributed by atoms with Crippen LogP contribution >= 0.6 is 0 Å². The van der Waals surface area contributed by atoms with Crippen molar-refractivity contribution in [1.29, 1.82) is 0 Å². The summed E-state index contributed by atoms with van der Waals surface area (Å²) in [6.45, 7) is 45.9. The highest BCUT2D eigenvalue weighted by Crippen LogP contribution is 2.36. The molecule has 0 saturated carbocycles. The second-order valence-electron chi connectivity index (χ2n) is 38.4. The fourth-order valence-corrected chi connectivity index (χ4v) is 12.2. The predicted octanol–water partition coefficient (Wildman–Crippen LogP) is 17.5. The van der Waals surface area contributed by atoms with Gasteiger partial charge >= 0.3 is 24.4 Å². The molecule has 10 aromatic rings. The average Bonchev–Trinajstić information content (AvgIpc) is 1.69. The first kappa shape index (κ1) is 99.6. The Morgan fingerprint density at radius 3 is 1.07 bits per heavy atom. The first-order valence-electron chi connectivity index (χ1n) is 42.2. The van der Waals surface area contributed by atoms with E-state index in [2.05, 4.69) is 92.2 Å². The number of hydrogen-bond acceptors (Lipinski definition) is 28. The first-order valence-corrected chi connectivity index (χ1v) is 42.2. The maximum absolute atomic E-state index is 12.9. The second kappa shape index (κ2) is 43.4. The molecule has 1 aliphatic heterocycles. The maximum atomic E-state index is 12.9. The van der Waals surface area contributed by atoms with Crippen molar-refractivity contribution in [3.05, 3.63) is 204 Å². The molecule has 0 spiro atoms. The minimum Gasteiger partial charge on any atom is -0.488 e. The SMILES string of the molecule is CC(C)(C)OC(=O)N1CC(OC(C)(C)C)CC1c1nnc(-c2ccccc2)nn1.CC(C)(C)OC(=O)NC(Cc1ccc(OC(C)(C)C)cc1)c1nnc(-c2ccccc2)nn1.CN(C(=O)OC(C)(C)C)C(CCC(=O)NC(C)(C)C)c1nnc(-c2ccccc2)nn1.CN(C(=O)OC(C)(C)C)C(Cc1ccc(OC(C)(C)C)cc1)c1nnc(-c2ccccc2)nn1. The van der Waals surface area contributed by atoms with Gasteiger partial charge in [0.25, 0.3) is 0 Å². The number of likely N-dealkylation sites (tertiary alicyclic amines) is 1. The largest absolute Gasteiger partial charge is 0.488 e. The Hall–Kier alpha value is -12.8. The Labute approximate surface area is 745 Å². The van der Waals surface area contributed by atoms with Gasteiger partial charge in [0.2, 0.25) is 29.2 Å². The highest BCUT2D eigenvalue weighted by atomic mass is 16.6. The van der Waals surface area contributed by atoms with Gasteiger partial charge in [-0.05, 0) is 208 Å². The summed E-state index contributed by atoms with van der Waals surface area (Å²) in [4.78, 5) is 67.6. The number of aromatic nitrogens is 16. The Kier molecular flexibility index (Phi) is 34.0. The van der Waals surface area contributed by atoms with Gasteiger partial charge < -0.3 is 53.6 Å². The molecule has 2 N–H and O–H groups in total. The van der Waals surface area contributed by atoms with E-state index in [1.165, 1.54) is 9.80 Å². The van der Waals surface area contributed by atoms with Crippen LogP contribution in [0.3, 0.4) is 0 Å². The molecule has 1 aliphatic rings. The summed E-state index contributed by atoms with van der Waals surface area (Å²) in [5.74, 6) is 4.36. The molecular weight excluding hydrogens is 1620 g/mol. The average molecular weight is 1740 g/mol. The van der Waals surface area contributed by atoms with E-state index >= 15 is 0 Å². The van der Waals surface area contributed by atoms with Crippen LogP contribution in [0.5, 0.6) is 11.5 Å². The Morgan fingerprint density at radius 2 is 0.724 bits per heavy atom. The normalized spacial score (nSPS) is 14.4. The van der Waals surface area contributed by atoms with Crippen molar-refractivity contribution in [3.63, 3.8) is 0 Å². The summed E-state index contributed by atoms with van der Waals surface area (Å²) in [6.07, 6.45) is -0.206. The molecule has 5 heterocycles. The molecule has 33 heteroatoms. The van der Waals surface area contributed by atoms with E-state index in [-0.39, 0.29) is 46.6 Å². The van der Waals surface area contributed by atoms with E-state index in [0.29, 0.717) is 73.0 Å². The van der Waals surface area contributed by atoms with Crippen LogP contribution in [0.4, 0.5) is 19.2 Å². The number of ether oxygens (including phenoxy) is 7. The summed E-state index contributed by atoms with van der Waals surface area (Å²) in [7, 11) is 3.26. The lowest BCUT2D eigenvalue weighted by atomic mass is 10.0. The smallest absolute Gasteiger partial charge is 0.411 e. The fraction of sp³-hybridized carbons (Fsp3) is 0.479. The van der Waals surface area contributed by atoms with Crippen molar-refractivity contribution in [3.8, 4) is 57.1 Å². The third-order valence-corrected chi connectivity index (χ3v) is 17.4. The number of likely N-dealkylation sites (N-methyl/N-ethyl adjacent to an activating group) is 1. The summed E-state index contributed by atoms with van der Waals surface area (Å²) >= 11 is 0. The molecule has 5 atom stereocenters. The zero-order valence-corrected chi connectivity index (χ0v) is 78.2. The number of hydrogen-bond donors (Lipinski definition) is 2. The number of alkyl carbamates (subject to hydrolysis) is 1. The molecule has 1 fully saturated rings. The fourth-order valence-electron chi connectivity index (χ4n) is 12.2. The van der Waals surface area contributed by atoms with Crippen LogP contribution < -0.4 is 20.1 Å². The minimum atomic E-state index is -0.659. The van der Waals surface area contributed by atoms with E-state index < -0.39 is 70.9 Å². The monoisotopic (exact) mass is 1740 g/mol. The number of amides is 5. The van der Waals surface area contributed by atoms with E-state index in [9.17, 15) is 24.0 Å². The zero-order chi connectivity index (χ0) is 93.5. The van der Waals surface area contributed by atoms with Crippen molar-refractivity contribution in [2.75, 3.05) is 20.6 Å². The molecule has 5 amide bonds. The lowest BCUT2D eigenvalue weighted by molar-refractivity contribution is -0.122. The van der Waals surface area contributed by atoms with Gasteiger partial charge in [-0.2, -0.15) is 0 Å². The molecule has 5 unspecified atom stereocenters. The molecule has 0 aliphatic carbocycles. The standard InChI is InChI=1S/C26H33N5O3.C25H31N5O3.C22H32N6O3.C21H29N5O3/c1-25(2,3)33-20-15-13-18(14-16-20)17-21(31(7)24(32)34-26(4,5)6)23-29-27-22(28-30-23)19-11-9-8-10-12-19;1-24(2,3)32-19-14-12-17(13-15-19)16-20(26-23(31)33-25(4,5)6)22-29-27-21(28-30-22)18-10-8-7-9-11-18;1-21(2,3)23-17(29)14-13-16(28(7)20(30)31-22(4,5)6)19-26-24-18(25-27-19)15-11-9-8-10-12-15;1-20(2,3)28-15-12-16(26(13-15)19(27)29-21(4,5)6)18-24-22-17(23-25-18)14-10-8-7-9-11-14/h8-16,21H,17H2,1-7H3;7-15,20H,16H2,1-6H3,(H,26,31);8-12,16H,13-14H2,1-7H3,(H,23,29);7-11,15-16H,12-13H2,1-6H3. The summed E-state index contributed by atoms with van der Waals surface area (Å²) < 4.78 is 40.0. The van der Waals surface area contributed by atoms with Gasteiger partial charge in [-0.3, -0.25) is 9.69 Å². The number of benzene rings is 6. The maximum Gasteiger partial charge on any atom is 0.411 e. The number of nitrogens with zero attached hydrogens (tertiary/aromatic N) is 19. The Morgan fingerprint density at radius 1 is 0.386 bits per heavy atom. The summed E-state index contributed by atoms with van der Waals surface area (Å²) in [5, 5.41) is 73.6. The van der Waals surface area contributed by atoms with E-state index in [1.54, 1.807) is 39.8 Å². The van der Waals surface area contributed by atoms with Crippen LogP contribution in [0.2, 0.25) is 0 Å². The molecule has 11 rings (SSSR count). The summed E-state index contributed by atoms with van der Waals surface area (Å²) in [5.41, 5.74) is 1.45. The van der Waals surface area contributed by atoms with Crippen molar-refractivity contribution in [1.82, 2.24) is 107 Å².